The summed E-state index contributed by atoms with van der Waals surface area (Å²) in [7, 11) is 2.13. The summed E-state index contributed by atoms with van der Waals surface area (Å²) in [6, 6.07) is 11.2. The zero-order valence-corrected chi connectivity index (χ0v) is 12.6. The lowest BCUT2D eigenvalue weighted by Crippen LogP contribution is -2.18. The number of aromatic nitrogens is 1. The Morgan fingerprint density at radius 2 is 2.05 bits per heavy atom. The molecule has 2 heterocycles. The van der Waals surface area contributed by atoms with Gasteiger partial charge in [0.05, 0.1) is 0 Å². The fourth-order valence-electron chi connectivity index (χ4n) is 2.83. The minimum Gasteiger partial charge on any atom is -0.399 e. The highest BCUT2D eigenvalue weighted by Gasteiger charge is 2.22. The third-order valence-electron chi connectivity index (χ3n) is 4.11. The number of likely N-dealkylation sites (tertiary alicyclic amines) is 1. The second kappa shape index (κ2) is 6.15. The van der Waals surface area contributed by atoms with Crippen LogP contribution in [0, 0.1) is 0 Å². The summed E-state index contributed by atoms with van der Waals surface area (Å²) in [5.74, 6) is 0.379. The Labute approximate surface area is 130 Å². The molecule has 0 spiro atoms. The number of amides is 1. The third-order valence-corrected chi connectivity index (χ3v) is 4.11. The Morgan fingerprint density at radius 3 is 2.64 bits per heavy atom. The van der Waals surface area contributed by atoms with Crippen molar-refractivity contribution in [3.63, 3.8) is 0 Å². The number of pyridine rings is 1. The van der Waals surface area contributed by atoms with Crippen LogP contribution < -0.4 is 11.1 Å². The number of nitrogens with one attached hydrogen (secondary N) is 1. The summed E-state index contributed by atoms with van der Waals surface area (Å²) < 4.78 is 0. The van der Waals surface area contributed by atoms with Gasteiger partial charge in [-0.05, 0) is 62.3 Å². The van der Waals surface area contributed by atoms with Crippen LogP contribution >= 0.6 is 0 Å². The van der Waals surface area contributed by atoms with Crippen molar-refractivity contribution in [2.75, 3.05) is 24.6 Å². The standard InChI is InChI=1S/C17H20N4O/c1-21-10-2-3-15(21)13-6-9-16(19-11-13)20-17(22)12-4-7-14(18)8-5-12/h4-9,11,15H,2-3,10,18H2,1H3,(H,19,20,22). The van der Waals surface area contributed by atoms with E-state index in [2.05, 4.69) is 22.2 Å². The van der Waals surface area contributed by atoms with Gasteiger partial charge in [0, 0.05) is 23.5 Å². The molecule has 1 aliphatic heterocycles. The van der Waals surface area contributed by atoms with Crippen molar-refractivity contribution < 1.29 is 4.79 Å². The van der Waals surface area contributed by atoms with Crippen LogP contribution in [0.1, 0.15) is 34.8 Å². The number of benzene rings is 1. The van der Waals surface area contributed by atoms with Crippen LogP contribution in [0.3, 0.4) is 0 Å². The minimum absolute atomic E-state index is 0.182. The summed E-state index contributed by atoms with van der Waals surface area (Å²) in [6.45, 7) is 1.13. The average molecular weight is 296 g/mol. The van der Waals surface area contributed by atoms with Gasteiger partial charge in [-0.25, -0.2) is 4.98 Å². The maximum atomic E-state index is 12.1. The molecule has 0 aliphatic carbocycles. The van der Waals surface area contributed by atoms with E-state index in [-0.39, 0.29) is 5.91 Å². The highest BCUT2D eigenvalue weighted by Crippen LogP contribution is 2.30. The summed E-state index contributed by atoms with van der Waals surface area (Å²) in [4.78, 5) is 18.8. The second-order valence-electron chi connectivity index (χ2n) is 5.69. The minimum atomic E-state index is -0.182. The largest absolute Gasteiger partial charge is 0.399 e. The molecule has 2 aromatic rings. The van der Waals surface area contributed by atoms with Gasteiger partial charge in [-0.3, -0.25) is 9.69 Å². The Kier molecular flexibility index (Phi) is 4.06. The number of carbonyl (C=O) groups is 1. The zero-order valence-electron chi connectivity index (χ0n) is 12.6. The van der Waals surface area contributed by atoms with Crippen LogP contribution in [-0.4, -0.2) is 29.4 Å². The predicted molar refractivity (Wildman–Crippen MR) is 87.6 cm³/mol. The van der Waals surface area contributed by atoms with E-state index in [4.69, 9.17) is 5.73 Å². The van der Waals surface area contributed by atoms with Gasteiger partial charge >= 0.3 is 0 Å². The van der Waals surface area contributed by atoms with Gasteiger partial charge in [-0.15, -0.1) is 0 Å². The number of hydrogen-bond donors (Lipinski definition) is 2. The smallest absolute Gasteiger partial charge is 0.256 e. The first-order chi connectivity index (χ1) is 10.6. The van der Waals surface area contributed by atoms with Crippen molar-refractivity contribution in [2.45, 2.75) is 18.9 Å². The maximum absolute atomic E-state index is 12.1. The Balaban J connectivity index is 1.68. The van der Waals surface area contributed by atoms with E-state index >= 15 is 0 Å². The summed E-state index contributed by atoms with van der Waals surface area (Å²) in [5, 5.41) is 2.80. The number of nitrogens with two attached hydrogens (primary N) is 1. The van der Waals surface area contributed by atoms with E-state index in [1.165, 1.54) is 12.0 Å². The van der Waals surface area contributed by atoms with Gasteiger partial charge < -0.3 is 11.1 Å². The molecule has 1 unspecified atom stereocenters. The average Bonchev–Trinajstić information content (AvgIpc) is 2.95. The molecule has 1 amide bonds. The summed E-state index contributed by atoms with van der Waals surface area (Å²) in [5.41, 5.74) is 8.02. The molecule has 0 radical (unpaired) electrons. The van der Waals surface area contributed by atoms with Gasteiger partial charge in [0.25, 0.3) is 5.91 Å². The second-order valence-corrected chi connectivity index (χ2v) is 5.69. The van der Waals surface area contributed by atoms with Crippen molar-refractivity contribution in [1.82, 2.24) is 9.88 Å². The van der Waals surface area contributed by atoms with Crippen molar-refractivity contribution in [2.24, 2.45) is 0 Å². The van der Waals surface area contributed by atoms with E-state index < -0.39 is 0 Å². The van der Waals surface area contributed by atoms with Crippen molar-refractivity contribution in [1.29, 1.82) is 0 Å². The van der Waals surface area contributed by atoms with Gasteiger partial charge in [0.15, 0.2) is 0 Å². The van der Waals surface area contributed by atoms with Crippen LogP contribution in [-0.2, 0) is 0 Å². The number of nitrogen functional groups attached to an aromatic ring is 1. The topological polar surface area (TPSA) is 71.2 Å². The van der Waals surface area contributed by atoms with Crippen molar-refractivity contribution in [3.05, 3.63) is 53.7 Å². The van der Waals surface area contributed by atoms with Gasteiger partial charge in [-0.1, -0.05) is 6.07 Å². The SMILES string of the molecule is CN1CCCC1c1ccc(NC(=O)c2ccc(N)cc2)nc1. The molecule has 5 nitrogen and oxygen atoms in total. The number of carbonyl (C=O) groups excluding carboxylic acids is 1. The summed E-state index contributed by atoms with van der Waals surface area (Å²) >= 11 is 0. The van der Waals surface area contributed by atoms with Crippen molar-refractivity contribution >= 4 is 17.4 Å². The molecule has 1 aliphatic rings. The molecule has 3 N–H and O–H groups in total. The molecule has 1 aromatic carbocycles. The lowest BCUT2D eigenvalue weighted by Gasteiger charge is -2.19. The lowest BCUT2D eigenvalue weighted by atomic mass is 10.1. The van der Waals surface area contributed by atoms with E-state index in [9.17, 15) is 4.79 Å². The van der Waals surface area contributed by atoms with E-state index in [1.54, 1.807) is 24.3 Å². The van der Waals surface area contributed by atoms with Crippen LogP contribution in [0.15, 0.2) is 42.6 Å². The zero-order chi connectivity index (χ0) is 15.5. The molecule has 114 valence electrons. The van der Waals surface area contributed by atoms with E-state index in [1.807, 2.05) is 18.3 Å². The number of nitrogens with zero attached hydrogens (tertiary/aromatic N) is 2. The molecule has 1 saturated heterocycles. The van der Waals surface area contributed by atoms with Crippen LogP contribution in [0.4, 0.5) is 11.5 Å². The van der Waals surface area contributed by atoms with E-state index in [0.29, 0.717) is 23.1 Å². The normalized spacial score (nSPS) is 18.3. The maximum Gasteiger partial charge on any atom is 0.256 e. The Hall–Kier alpha value is -2.40. The van der Waals surface area contributed by atoms with Gasteiger partial charge in [0.1, 0.15) is 5.82 Å². The molecular weight excluding hydrogens is 276 g/mol. The quantitative estimate of drug-likeness (QED) is 0.854. The van der Waals surface area contributed by atoms with Gasteiger partial charge in [-0.2, -0.15) is 0 Å². The molecule has 3 rings (SSSR count). The first-order valence-corrected chi connectivity index (χ1v) is 7.46. The molecule has 0 saturated carbocycles. The fourth-order valence-corrected chi connectivity index (χ4v) is 2.83. The highest BCUT2D eigenvalue weighted by atomic mass is 16.1. The van der Waals surface area contributed by atoms with Crippen LogP contribution in [0.5, 0.6) is 0 Å². The Bertz CT molecular complexity index is 651. The van der Waals surface area contributed by atoms with Crippen LogP contribution in [0.25, 0.3) is 0 Å². The molecule has 1 fully saturated rings. The molecule has 0 bridgehead atoms. The third kappa shape index (κ3) is 3.09. The van der Waals surface area contributed by atoms with Gasteiger partial charge in [0.2, 0.25) is 0 Å². The Morgan fingerprint density at radius 1 is 1.27 bits per heavy atom. The number of anilines is 2. The molecular formula is C17H20N4O. The highest BCUT2D eigenvalue weighted by molar-refractivity contribution is 6.03. The van der Waals surface area contributed by atoms with E-state index in [0.717, 1.165) is 13.0 Å². The number of hydrogen-bond acceptors (Lipinski definition) is 4. The first kappa shape index (κ1) is 14.5. The first-order valence-electron chi connectivity index (χ1n) is 7.46. The molecule has 5 heteroatoms. The fraction of sp³-hybridized carbons (Fsp3) is 0.294. The summed E-state index contributed by atoms with van der Waals surface area (Å²) in [6.07, 6.45) is 4.23. The monoisotopic (exact) mass is 296 g/mol. The lowest BCUT2D eigenvalue weighted by molar-refractivity contribution is 0.102. The molecule has 1 aromatic heterocycles. The molecule has 1 atom stereocenters. The van der Waals surface area contributed by atoms with Crippen molar-refractivity contribution in [3.8, 4) is 0 Å². The van der Waals surface area contributed by atoms with Crippen LogP contribution in [0.2, 0.25) is 0 Å². The molecule has 22 heavy (non-hydrogen) atoms. The number of rotatable bonds is 3. The predicted octanol–water partition coefficient (Wildman–Crippen LogP) is 2.68.